The smallest absolute Gasteiger partial charge is 0.246 e. The van der Waals surface area contributed by atoms with Gasteiger partial charge in [0.15, 0.2) is 0 Å². The number of fused-ring (bicyclic) bond motifs is 6. The number of rotatable bonds is 5. The predicted molar refractivity (Wildman–Crippen MR) is 141 cm³/mol. The standard InChI is InChI=1S/C29H33N5O3/c1-30-16-26(35)31-23-15-20-19-10-4-5-11-22(19)32-27(20)24-13-14-25(34(24)29(23)37)28(36)33-21-12-6-8-17-7-2-3-9-18(17)21/h2-5,7,9-11,21,23-25,30,32H,6,8,12-16H2,1H3,(H,31,35)(H,33,36). The third-order valence-corrected chi connectivity index (χ3v) is 8.19. The Balaban J connectivity index is 1.33. The van der Waals surface area contributed by atoms with E-state index in [1.807, 2.05) is 30.3 Å². The van der Waals surface area contributed by atoms with Crippen molar-refractivity contribution in [2.45, 2.75) is 62.7 Å². The second-order valence-corrected chi connectivity index (χ2v) is 10.4. The highest BCUT2D eigenvalue weighted by Crippen LogP contribution is 2.43. The molecule has 1 aromatic heterocycles. The first-order valence-electron chi connectivity index (χ1n) is 13.3. The SMILES string of the molecule is CNCC(=O)NC1Cc2c([nH]c3ccccc23)C2CCC(C(=O)NC3CCCc4ccccc43)N2C1=O. The van der Waals surface area contributed by atoms with Crippen LogP contribution in [0.1, 0.15) is 60.2 Å². The van der Waals surface area contributed by atoms with Crippen LogP contribution in [0.4, 0.5) is 0 Å². The van der Waals surface area contributed by atoms with Gasteiger partial charge in [0, 0.05) is 23.0 Å². The van der Waals surface area contributed by atoms with Crippen LogP contribution in [0.5, 0.6) is 0 Å². The molecule has 0 spiro atoms. The summed E-state index contributed by atoms with van der Waals surface area (Å²) in [4.78, 5) is 45.5. The van der Waals surface area contributed by atoms with Crippen molar-refractivity contribution in [3.63, 3.8) is 0 Å². The van der Waals surface area contributed by atoms with Gasteiger partial charge in [0.05, 0.1) is 18.6 Å². The lowest BCUT2D eigenvalue weighted by Crippen LogP contribution is -2.54. The molecule has 3 heterocycles. The lowest BCUT2D eigenvalue weighted by atomic mass is 9.87. The van der Waals surface area contributed by atoms with Gasteiger partial charge in [0.1, 0.15) is 12.1 Å². The molecular weight excluding hydrogens is 466 g/mol. The van der Waals surface area contributed by atoms with E-state index in [0.717, 1.165) is 41.4 Å². The average Bonchev–Trinajstić information content (AvgIpc) is 3.48. The molecule has 2 aromatic carbocycles. The number of H-pyrrole nitrogens is 1. The lowest BCUT2D eigenvalue weighted by Gasteiger charge is -2.33. The van der Waals surface area contributed by atoms with Gasteiger partial charge in [0.25, 0.3) is 0 Å². The van der Waals surface area contributed by atoms with Gasteiger partial charge in [-0.25, -0.2) is 0 Å². The molecule has 8 nitrogen and oxygen atoms in total. The maximum absolute atomic E-state index is 14.0. The summed E-state index contributed by atoms with van der Waals surface area (Å²) < 4.78 is 0. The minimum atomic E-state index is -0.729. The van der Waals surface area contributed by atoms with Crippen LogP contribution in [0.3, 0.4) is 0 Å². The highest BCUT2D eigenvalue weighted by Gasteiger charge is 2.48. The van der Waals surface area contributed by atoms with Crippen molar-refractivity contribution >= 4 is 28.6 Å². The number of amides is 3. The number of nitrogens with one attached hydrogen (secondary N) is 4. The zero-order chi connectivity index (χ0) is 25.5. The van der Waals surface area contributed by atoms with Gasteiger partial charge in [-0.2, -0.15) is 0 Å². The maximum atomic E-state index is 14.0. The number of aromatic amines is 1. The number of likely N-dealkylation sites (N-methyl/N-ethyl adjacent to an activating group) is 1. The van der Waals surface area contributed by atoms with Crippen molar-refractivity contribution in [2.75, 3.05) is 13.6 Å². The zero-order valence-corrected chi connectivity index (χ0v) is 21.0. The first-order valence-corrected chi connectivity index (χ1v) is 13.3. The fourth-order valence-electron chi connectivity index (χ4n) is 6.55. The Morgan fingerprint density at radius 1 is 1.00 bits per heavy atom. The Morgan fingerprint density at radius 3 is 2.68 bits per heavy atom. The van der Waals surface area contributed by atoms with Crippen LogP contribution in [-0.4, -0.2) is 53.3 Å². The molecule has 1 saturated heterocycles. The van der Waals surface area contributed by atoms with Gasteiger partial charge in [-0.15, -0.1) is 0 Å². The summed E-state index contributed by atoms with van der Waals surface area (Å²) in [5.74, 6) is -0.540. The highest BCUT2D eigenvalue weighted by molar-refractivity contribution is 5.95. The van der Waals surface area contributed by atoms with Crippen LogP contribution in [0.25, 0.3) is 10.9 Å². The number of aryl methyl sites for hydroxylation is 1. The van der Waals surface area contributed by atoms with Crippen molar-refractivity contribution in [2.24, 2.45) is 0 Å². The second-order valence-electron chi connectivity index (χ2n) is 10.4. The zero-order valence-electron chi connectivity index (χ0n) is 21.0. The summed E-state index contributed by atoms with van der Waals surface area (Å²) in [7, 11) is 1.70. The van der Waals surface area contributed by atoms with E-state index in [9.17, 15) is 14.4 Å². The van der Waals surface area contributed by atoms with Crippen LogP contribution in [0.15, 0.2) is 48.5 Å². The Hall–Kier alpha value is -3.65. The quantitative estimate of drug-likeness (QED) is 0.433. The minimum Gasteiger partial charge on any atom is -0.356 e. The Morgan fingerprint density at radius 2 is 1.81 bits per heavy atom. The Labute approximate surface area is 216 Å². The molecule has 37 heavy (non-hydrogen) atoms. The number of para-hydroxylation sites is 1. The van der Waals surface area contributed by atoms with E-state index in [1.165, 1.54) is 11.1 Å². The van der Waals surface area contributed by atoms with E-state index in [0.29, 0.717) is 19.3 Å². The monoisotopic (exact) mass is 499 g/mol. The van der Waals surface area contributed by atoms with Gasteiger partial charge >= 0.3 is 0 Å². The van der Waals surface area contributed by atoms with E-state index in [-0.39, 0.29) is 36.3 Å². The summed E-state index contributed by atoms with van der Waals surface area (Å²) in [5, 5.41) is 10.1. The minimum absolute atomic E-state index is 0.0478. The van der Waals surface area contributed by atoms with Crippen LogP contribution in [0.2, 0.25) is 0 Å². The number of nitrogens with zero attached hydrogens (tertiary/aromatic N) is 1. The lowest BCUT2D eigenvalue weighted by molar-refractivity contribution is -0.143. The number of aromatic nitrogens is 1. The Kier molecular flexibility index (Phi) is 6.20. The molecule has 4 N–H and O–H groups in total. The van der Waals surface area contributed by atoms with Gasteiger partial charge in [-0.05, 0) is 61.9 Å². The second kappa shape index (κ2) is 9.67. The summed E-state index contributed by atoms with van der Waals surface area (Å²) in [6.45, 7) is 0.124. The molecule has 192 valence electrons. The van der Waals surface area contributed by atoms with Crippen molar-refractivity contribution in [3.05, 3.63) is 70.9 Å². The van der Waals surface area contributed by atoms with Crippen molar-refractivity contribution in [3.8, 4) is 0 Å². The third kappa shape index (κ3) is 4.19. The number of hydrogen-bond acceptors (Lipinski definition) is 4. The number of benzene rings is 2. The van der Waals surface area contributed by atoms with Gasteiger partial charge in [0.2, 0.25) is 17.7 Å². The van der Waals surface area contributed by atoms with Gasteiger partial charge in [-0.1, -0.05) is 42.5 Å². The number of carbonyl (C=O) groups excluding carboxylic acids is 3. The summed E-state index contributed by atoms with van der Waals surface area (Å²) in [6.07, 6.45) is 4.61. The molecule has 3 aliphatic rings. The van der Waals surface area contributed by atoms with Crippen LogP contribution >= 0.6 is 0 Å². The number of hydrogen-bond donors (Lipinski definition) is 4. The first kappa shape index (κ1) is 23.7. The summed E-state index contributed by atoms with van der Waals surface area (Å²) in [6, 6.07) is 14.8. The Bertz CT molecular complexity index is 1360. The molecule has 3 aromatic rings. The fraction of sp³-hybridized carbons (Fsp3) is 0.414. The molecule has 6 rings (SSSR count). The molecule has 4 unspecified atom stereocenters. The van der Waals surface area contributed by atoms with E-state index in [2.05, 4.69) is 39.1 Å². The van der Waals surface area contributed by atoms with E-state index >= 15 is 0 Å². The first-order chi connectivity index (χ1) is 18.0. The molecule has 1 fully saturated rings. The largest absolute Gasteiger partial charge is 0.356 e. The molecule has 8 heteroatoms. The van der Waals surface area contributed by atoms with Crippen molar-refractivity contribution < 1.29 is 14.4 Å². The molecule has 0 radical (unpaired) electrons. The van der Waals surface area contributed by atoms with Crippen LogP contribution in [0, 0.1) is 0 Å². The maximum Gasteiger partial charge on any atom is 0.246 e. The molecular formula is C29H33N5O3. The van der Waals surface area contributed by atoms with Crippen molar-refractivity contribution in [1.82, 2.24) is 25.8 Å². The molecule has 2 aliphatic heterocycles. The molecule has 0 saturated carbocycles. The number of carbonyl (C=O) groups is 3. The third-order valence-electron chi connectivity index (χ3n) is 8.19. The van der Waals surface area contributed by atoms with Gasteiger partial charge < -0.3 is 25.8 Å². The highest BCUT2D eigenvalue weighted by atomic mass is 16.2. The molecule has 1 aliphatic carbocycles. The normalized spacial score (nSPS) is 24.7. The van der Waals surface area contributed by atoms with E-state index in [4.69, 9.17) is 0 Å². The molecule has 4 atom stereocenters. The van der Waals surface area contributed by atoms with Crippen LogP contribution in [-0.2, 0) is 27.2 Å². The van der Waals surface area contributed by atoms with Crippen molar-refractivity contribution in [1.29, 1.82) is 0 Å². The molecule has 0 bridgehead atoms. The van der Waals surface area contributed by atoms with Crippen LogP contribution < -0.4 is 16.0 Å². The molecule has 3 amide bonds. The summed E-state index contributed by atoms with van der Waals surface area (Å²) >= 11 is 0. The van der Waals surface area contributed by atoms with E-state index in [1.54, 1.807) is 11.9 Å². The average molecular weight is 500 g/mol. The topological polar surface area (TPSA) is 106 Å². The fourth-order valence-corrected chi connectivity index (χ4v) is 6.55. The summed E-state index contributed by atoms with van der Waals surface area (Å²) in [5.41, 5.74) is 5.50. The van der Waals surface area contributed by atoms with E-state index < -0.39 is 12.1 Å². The van der Waals surface area contributed by atoms with Gasteiger partial charge in [-0.3, -0.25) is 14.4 Å². The predicted octanol–water partition coefficient (Wildman–Crippen LogP) is 2.65.